The van der Waals surface area contributed by atoms with E-state index in [1.807, 2.05) is 0 Å². The molecule has 2 aromatic rings. The van der Waals surface area contributed by atoms with Crippen LogP contribution in [0.5, 0.6) is 0 Å². The largest absolute Gasteiger partial charge is 0.0649 e. The van der Waals surface area contributed by atoms with Crippen molar-refractivity contribution in [3.05, 3.63) is 76.4 Å². The van der Waals surface area contributed by atoms with Crippen molar-refractivity contribution in [1.29, 1.82) is 0 Å². The van der Waals surface area contributed by atoms with Crippen molar-refractivity contribution in [3.63, 3.8) is 0 Å². The van der Waals surface area contributed by atoms with Gasteiger partial charge in [-0.3, -0.25) is 0 Å². The lowest BCUT2D eigenvalue weighted by molar-refractivity contribution is 0.898. The van der Waals surface area contributed by atoms with Crippen LogP contribution in [0.15, 0.2) is 54.1 Å². The summed E-state index contributed by atoms with van der Waals surface area (Å²) in [6, 6.07) is 17.6. The van der Waals surface area contributed by atoms with Crippen LogP contribution in [-0.4, -0.2) is 0 Å². The lowest BCUT2D eigenvalue weighted by Crippen LogP contribution is -1.94. The molecule has 0 amide bonds. The van der Waals surface area contributed by atoms with Crippen LogP contribution in [0.1, 0.15) is 35.6 Å². The Morgan fingerprint density at radius 1 is 0.842 bits per heavy atom. The van der Waals surface area contributed by atoms with Crippen LogP contribution >= 0.6 is 0 Å². The maximum Gasteiger partial charge on any atom is -0.00577 e. The zero-order valence-electron chi connectivity index (χ0n) is 11.5. The van der Waals surface area contributed by atoms with Crippen LogP contribution in [0, 0.1) is 0 Å². The molecule has 0 unspecified atom stereocenters. The third-order valence-electron chi connectivity index (χ3n) is 4.05. The molecule has 2 aromatic carbocycles. The summed E-state index contributed by atoms with van der Waals surface area (Å²) in [5, 5.41) is 0. The van der Waals surface area contributed by atoms with Gasteiger partial charge in [0.15, 0.2) is 0 Å². The smallest absolute Gasteiger partial charge is 0.00577 e. The minimum absolute atomic E-state index is 1.13. The lowest BCUT2D eigenvalue weighted by Gasteiger charge is -2.08. The molecule has 1 aliphatic rings. The zero-order valence-corrected chi connectivity index (χ0v) is 11.5. The first-order valence-corrected chi connectivity index (χ1v) is 7.21. The molecule has 0 atom stereocenters. The predicted molar refractivity (Wildman–Crippen MR) is 82.3 cm³/mol. The van der Waals surface area contributed by atoms with Gasteiger partial charge in [-0.25, -0.2) is 0 Å². The predicted octanol–water partition coefficient (Wildman–Crippen LogP) is 4.82. The lowest BCUT2D eigenvalue weighted by atomic mass is 9.98. The van der Waals surface area contributed by atoms with Crippen molar-refractivity contribution in [2.24, 2.45) is 0 Å². The maximum absolute atomic E-state index is 2.38. The molecule has 0 bridgehead atoms. The van der Waals surface area contributed by atoms with Crippen molar-refractivity contribution in [3.8, 4) is 0 Å². The Kier molecular flexibility index (Phi) is 3.50. The van der Waals surface area contributed by atoms with Gasteiger partial charge in [-0.2, -0.15) is 0 Å². The summed E-state index contributed by atoms with van der Waals surface area (Å²) in [6.45, 7) is 2.24. The summed E-state index contributed by atoms with van der Waals surface area (Å²) in [4.78, 5) is 0. The van der Waals surface area contributed by atoms with Crippen LogP contribution in [0.2, 0.25) is 0 Å². The van der Waals surface area contributed by atoms with Gasteiger partial charge in [0.05, 0.1) is 0 Å². The number of hydrogen-bond donors (Lipinski definition) is 0. The molecule has 0 heteroatoms. The summed E-state index contributed by atoms with van der Waals surface area (Å²) in [5.41, 5.74) is 7.50. The zero-order chi connectivity index (χ0) is 13.1. The van der Waals surface area contributed by atoms with Gasteiger partial charge >= 0.3 is 0 Å². The van der Waals surface area contributed by atoms with Crippen molar-refractivity contribution >= 4 is 6.08 Å². The van der Waals surface area contributed by atoms with Gasteiger partial charge in [0.2, 0.25) is 0 Å². The Morgan fingerprint density at radius 3 is 2.37 bits per heavy atom. The van der Waals surface area contributed by atoms with E-state index >= 15 is 0 Å². The van der Waals surface area contributed by atoms with E-state index < -0.39 is 0 Å². The third kappa shape index (κ3) is 2.63. The molecule has 0 nitrogen and oxygen atoms in total. The molecule has 3 rings (SSSR count). The Balaban J connectivity index is 1.69. The molecule has 0 aliphatic heterocycles. The van der Waals surface area contributed by atoms with E-state index in [1.54, 1.807) is 5.57 Å². The van der Waals surface area contributed by atoms with Crippen molar-refractivity contribution in [2.45, 2.75) is 32.6 Å². The van der Waals surface area contributed by atoms with E-state index in [0.717, 1.165) is 12.8 Å². The number of aryl methyl sites for hydroxylation is 2. The molecule has 0 fully saturated rings. The van der Waals surface area contributed by atoms with E-state index in [4.69, 9.17) is 0 Å². The quantitative estimate of drug-likeness (QED) is 0.727. The number of allylic oxidation sites excluding steroid dienone is 1. The van der Waals surface area contributed by atoms with Crippen LogP contribution in [0.3, 0.4) is 0 Å². The van der Waals surface area contributed by atoms with E-state index in [1.165, 1.54) is 35.1 Å². The first-order valence-electron chi connectivity index (χ1n) is 7.21. The fraction of sp³-hybridized carbons (Fsp3) is 0.263. The van der Waals surface area contributed by atoms with Crippen molar-refractivity contribution < 1.29 is 0 Å². The molecular formula is C19H20. The maximum atomic E-state index is 2.38. The highest BCUT2D eigenvalue weighted by molar-refractivity contribution is 5.63. The molecule has 0 saturated carbocycles. The van der Waals surface area contributed by atoms with Gasteiger partial charge < -0.3 is 0 Å². The van der Waals surface area contributed by atoms with E-state index in [9.17, 15) is 0 Å². The molecule has 1 aliphatic carbocycles. The standard InChI is InChI=1S/C19H20/c1-2-16-7-3-4-8-17(16)12-11-15-13-18-9-5-6-10-19(18)14-15/h3-10,13H,2,11-12,14H2,1H3. The van der Waals surface area contributed by atoms with Crippen molar-refractivity contribution in [2.75, 3.05) is 0 Å². The SMILES string of the molecule is CCc1ccccc1CCC1=Cc2ccccc2C1. The number of rotatable bonds is 4. The molecule has 0 saturated heterocycles. The van der Waals surface area contributed by atoms with Gasteiger partial charge in [-0.05, 0) is 47.9 Å². The summed E-state index contributed by atoms with van der Waals surface area (Å²) in [7, 11) is 0. The average molecular weight is 248 g/mol. The summed E-state index contributed by atoms with van der Waals surface area (Å²) in [5.74, 6) is 0. The Morgan fingerprint density at radius 2 is 1.58 bits per heavy atom. The molecule has 0 N–H and O–H groups in total. The second-order valence-corrected chi connectivity index (χ2v) is 5.30. The number of benzene rings is 2. The molecular weight excluding hydrogens is 228 g/mol. The van der Waals surface area contributed by atoms with Gasteiger partial charge in [-0.15, -0.1) is 0 Å². The normalized spacial score (nSPS) is 13.2. The van der Waals surface area contributed by atoms with E-state index in [-0.39, 0.29) is 0 Å². The Bertz CT molecular complexity index is 605. The molecule has 0 radical (unpaired) electrons. The fourth-order valence-corrected chi connectivity index (χ4v) is 2.95. The highest BCUT2D eigenvalue weighted by atomic mass is 14.2. The van der Waals surface area contributed by atoms with Gasteiger partial charge in [0.25, 0.3) is 0 Å². The van der Waals surface area contributed by atoms with E-state index in [0.29, 0.717) is 0 Å². The molecule has 0 aromatic heterocycles. The van der Waals surface area contributed by atoms with Gasteiger partial charge in [0.1, 0.15) is 0 Å². The second kappa shape index (κ2) is 5.44. The van der Waals surface area contributed by atoms with Gasteiger partial charge in [0, 0.05) is 0 Å². The highest BCUT2D eigenvalue weighted by Gasteiger charge is 2.11. The topological polar surface area (TPSA) is 0 Å². The molecule has 0 heterocycles. The Hall–Kier alpha value is -1.82. The average Bonchev–Trinajstić information content (AvgIpc) is 2.88. The fourth-order valence-electron chi connectivity index (χ4n) is 2.95. The summed E-state index contributed by atoms with van der Waals surface area (Å²) in [6.07, 6.45) is 7.01. The minimum Gasteiger partial charge on any atom is -0.0649 e. The number of hydrogen-bond acceptors (Lipinski definition) is 0. The van der Waals surface area contributed by atoms with E-state index in [2.05, 4.69) is 61.5 Å². The highest BCUT2D eigenvalue weighted by Crippen LogP contribution is 2.27. The van der Waals surface area contributed by atoms with Crippen LogP contribution in [0.4, 0.5) is 0 Å². The summed E-state index contributed by atoms with van der Waals surface area (Å²) < 4.78 is 0. The Labute approximate surface area is 115 Å². The molecule has 96 valence electrons. The van der Waals surface area contributed by atoms with Crippen LogP contribution in [0.25, 0.3) is 6.08 Å². The van der Waals surface area contributed by atoms with Crippen LogP contribution < -0.4 is 0 Å². The first-order chi connectivity index (χ1) is 9.36. The number of fused-ring (bicyclic) bond motifs is 1. The monoisotopic (exact) mass is 248 g/mol. The second-order valence-electron chi connectivity index (χ2n) is 5.30. The molecule has 19 heavy (non-hydrogen) atoms. The van der Waals surface area contributed by atoms with Crippen LogP contribution in [-0.2, 0) is 19.3 Å². The molecule has 0 spiro atoms. The third-order valence-corrected chi connectivity index (χ3v) is 4.05. The summed E-state index contributed by atoms with van der Waals surface area (Å²) >= 11 is 0. The minimum atomic E-state index is 1.13. The first kappa shape index (κ1) is 12.2. The van der Waals surface area contributed by atoms with Crippen molar-refractivity contribution in [1.82, 2.24) is 0 Å². The van der Waals surface area contributed by atoms with Gasteiger partial charge in [-0.1, -0.05) is 67.1 Å².